The quantitative estimate of drug-likeness (QED) is 0.707. The van der Waals surface area contributed by atoms with Crippen molar-refractivity contribution in [1.82, 2.24) is 4.98 Å². The molecular formula is C15H12BNO3. The van der Waals surface area contributed by atoms with E-state index in [9.17, 15) is 0 Å². The third-order valence-corrected chi connectivity index (χ3v) is 2.95. The summed E-state index contributed by atoms with van der Waals surface area (Å²) in [6, 6.07) is 18.1. The molecule has 0 spiro atoms. The normalized spacial score (nSPS) is 10.5. The molecule has 0 atom stereocenters. The summed E-state index contributed by atoms with van der Waals surface area (Å²) in [5, 5.41) is 19.1. The average molecular weight is 265 g/mol. The average Bonchev–Trinajstić information content (AvgIpc) is 2.47. The van der Waals surface area contributed by atoms with Crippen molar-refractivity contribution in [3.05, 3.63) is 60.7 Å². The topological polar surface area (TPSA) is 62.6 Å². The highest BCUT2D eigenvalue weighted by molar-refractivity contribution is 6.58. The molecular weight excluding hydrogens is 253 g/mol. The first-order chi connectivity index (χ1) is 9.72. The Hall–Kier alpha value is -2.37. The molecule has 2 aromatic carbocycles. The number of benzene rings is 2. The molecule has 0 saturated heterocycles. The lowest BCUT2D eigenvalue weighted by Gasteiger charge is -2.06. The molecule has 0 radical (unpaired) electrons. The van der Waals surface area contributed by atoms with Crippen molar-refractivity contribution in [3.8, 4) is 11.6 Å². The van der Waals surface area contributed by atoms with E-state index in [1.54, 1.807) is 24.3 Å². The predicted octanol–water partition coefficient (Wildman–Crippen LogP) is 1.71. The summed E-state index contributed by atoms with van der Waals surface area (Å²) >= 11 is 0. The Balaban J connectivity index is 1.93. The van der Waals surface area contributed by atoms with Crippen molar-refractivity contribution in [1.29, 1.82) is 0 Å². The SMILES string of the molecule is OB(O)c1ccc2nc(Oc3ccccc3)ccc2c1. The number of nitrogens with zero attached hydrogens (tertiary/aromatic N) is 1. The van der Waals surface area contributed by atoms with Gasteiger partial charge in [-0.25, -0.2) is 4.98 Å². The number of rotatable bonds is 3. The number of pyridine rings is 1. The van der Waals surface area contributed by atoms with E-state index < -0.39 is 7.12 Å². The Labute approximate surface area is 116 Å². The van der Waals surface area contributed by atoms with Gasteiger partial charge in [0.2, 0.25) is 5.88 Å². The summed E-state index contributed by atoms with van der Waals surface area (Å²) in [5.74, 6) is 1.22. The molecule has 1 aromatic heterocycles. The zero-order valence-corrected chi connectivity index (χ0v) is 10.6. The standard InChI is InChI=1S/C15H12BNO3/c18-16(19)12-7-8-14-11(10-12)6-9-15(17-14)20-13-4-2-1-3-5-13/h1-10,18-19H. The fraction of sp³-hybridized carbons (Fsp3) is 0. The van der Waals surface area contributed by atoms with Gasteiger partial charge in [0, 0.05) is 11.5 Å². The van der Waals surface area contributed by atoms with Crippen molar-refractivity contribution in [2.45, 2.75) is 0 Å². The lowest BCUT2D eigenvalue weighted by molar-refractivity contribution is 0.426. The summed E-state index contributed by atoms with van der Waals surface area (Å²) < 4.78 is 5.65. The van der Waals surface area contributed by atoms with Gasteiger partial charge in [0.1, 0.15) is 5.75 Å². The van der Waals surface area contributed by atoms with Gasteiger partial charge in [0.15, 0.2) is 0 Å². The molecule has 0 fully saturated rings. The molecule has 0 unspecified atom stereocenters. The maximum Gasteiger partial charge on any atom is 0.488 e. The molecule has 98 valence electrons. The molecule has 0 aliphatic rings. The van der Waals surface area contributed by atoms with Crippen LogP contribution in [0.25, 0.3) is 10.9 Å². The molecule has 0 aliphatic carbocycles. The van der Waals surface area contributed by atoms with Crippen LogP contribution in [0.1, 0.15) is 0 Å². The first-order valence-electron chi connectivity index (χ1n) is 6.22. The molecule has 0 saturated carbocycles. The second-order valence-corrected chi connectivity index (χ2v) is 4.39. The maximum atomic E-state index is 9.14. The van der Waals surface area contributed by atoms with Crippen LogP contribution in [0.4, 0.5) is 0 Å². The molecule has 20 heavy (non-hydrogen) atoms. The van der Waals surface area contributed by atoms with Gasteiger partial charge in [-0.15, -0.1) is 0 Å². The van der Waals surface area contributed by atoms with Gasteiger partial charge >= 0.3 is 7.12 Å². The first-order valence-corrected chi connectivity index (χ1v) is 6.22. The lowest BCUT2D eigenvalue weighted by Crippen LogP contribution is -2.29. The molecule has 0 aliphatic heterocycles. The smallest absolute Gasteiger partial charge is 0.439 e. The van der Waals surface area contributed by atoms with Crippen LogP contribution in [0, 0.1) is 0 Å². The van der Waals surface area contributed by atoms with E-state index in [2.05, 4.69) is 4.98 Å². The minimum atomic E-state index is -1.47. The van der Waals surface area contributed by atoms with Crippen LogP contribution in [-0.2, 0) is 0 Å². The number of hydrogen-bond acceptors (Lipinski definition) is 4. The molecule has 5 heteroatoms. The van der Waals surface area contributed by atoms with E-state index in [0.717, 1.165) is 16.7 Å². The monoisotopic (exact) mass is 265 g/mol. The van der Waals surface area contributed by atoms with E-state index >= 15 is 0 Å². The number of fused-ring (bicyclic) bond motifs is 1. The van der Waals surface area contributed by atoms with Crippen molar-refractivity contribution in [2.75, 3.05) is 0 Å². The molecule has 3 rings (SSSR count). The van der Waals surface area contributed by atoms with Gasteiger partial charge in [0.05, 0.1) is 5.52 Å². The summed E-state index contributed by atoms with van der Waals surface area (Å²) in [4.78, 5) is 4.39. The Morgan fingerprint density at radius 1 is 0.900 bits per heavy atom. The van der Waals surface area contributed by atoms with Crippen LogP contribution in [0.5, 0.6) is 11.6 Å². The number of ether oxygens (including phenoxy) is 1. The first kappa shape index (κ1) is 12.7. The lowest BCUT2D eigenvalue weighted by atomic mass is 9.80. The van der Waals surface area contributed by atoms with Gasteiger partial charge in [-0.1, -0.05) is 30.3 Å². The van der Waals surface area contributed by atoms with Crippen LogP contribution >= 0.6 is 0 Å². The third-order valence-electron chi connectivity index (χ3n) is 2.95. The molecule has 2 N–H and O–H groups in total. The van der Waals surface area contributed by atoms with Gasteiger partial charge in [0.25, 0.3) is 0 Å². The van der Waals surface area contributed by atoms with Gasteiger partial charge in [-0.2, -0.15) is 0 Å². The van der Waals surface area contributed by atoms with Crippen LogP contribution in [0.2, 0.25) is 0 Å². The summed E-state index contributed by atoms with van der Waals surface area (Å²) in [6.07, 6.45) is 0. The highest BCUT2D eigenvalue weighted by Gasteiger charge is 2.11. The zero-order valence-electron chi connectivity index (χ0n) is 10.6. The minimum absolute atomic E-state index is 0.441. The van der Waals surface area contributed by atoms with E-state index in [1.165, 1.54) is 0 Å². The Kier molecular flexibility index (Phi) is 3.37. The Morgan fingerprint density at radius 2 is 1.70 bits per heavy atom. The van der Waals surface area contributed by atoms with Crippen molar-refractivity contribution < 1.29 is 14.8 Å². The fourth-order valence-corrected chi connectivity index (χ4v) is 1.95. The van der Waals surface area contributed by atoms with Crippen LogP contribution in [-0.4, -0.2) is 22.2 Å². The molecule has 1 heterocycles. The van der Waals surface area contributed by atoms with Crippen LogP contribution < -0.4 is 10.2 Å². The van der Waals surface area contributed by atoms with Crippen molar-refractivity contribution in [3.63, 3.8) is 0 Å². The largest absolute Gasteiger partial charge is 0.488 e. The van der Waals surface area contributed by atoms with Gasteiger partial charge < -0.3 is 14.8 Å². The van der Waals surface area contributed by atoms with E-state index in [1.807, 2.05) is 36.4 Å². The Morgan fingerprint density at radius 3 is 2.45 bits per heavy atom. The fourth-order valence-electron chi connectivity index (χ4n) is 1.95. The van der Waals surface area contributed by atoms with Crippen molar-refractivity contribution in [2.24, 2.45) is 0 Å². The molecule has 3 aromatic rings. The maximum absolute atomic E-state index is 9.14. The molecule has 0 amide bonds. The van der Waals surface area contributed by atoms with Crippen LogP contribution in [0.3, 0.4) is 0 Å². The second-order valence-electron chi connectivity index (χ2n) is 4.39. The van der Waals surface area contributed by atoms with Crippen molar-refractivity contribution >= 4 is 23.5 Å². The predicted molar refractivity (Wildman–Crippen MR) is 78.1 cm³/mol. The zero-order chi connectivity index (χ0) is 13.9. The third kappa shape index (κ3) is 2.64. The number of aromatic nitrogens is 1. The van der Waals surface area contributed by atoms with E-state index in [4.69, 9.17) is 14.8 Å². The Bertz CT molecular complexity index is 732. The summed E-state index contributed by atoms with van der Waals surface area (Å²) in [7, 11) is -1.47. The second kappa shape index (κ2) is 5.32. The highest BCUT2D eigenvalue weighted by atomic mass is 16.5. The van der Waals surface area contributed by atoms with E-state index in [-0.39, 0.29) is 0 Å². The molecule has 4 nitrogen and oxygen atoms in total. The van der Waals surface area contributed by atoms with E-state index in [0.29, 0.717) is 11.3 Å². The number of hydrogen-bond donors (Lipinski definition) is 2. The molecule has 0 bridgehead atoms. The van der Waals surface area contributed by atoms with Crippen LogP contribution in [0.15, 0.2) is 60.7 Å². The van der Waals surface area contributed by atoms with Gasteiger partial charge in [-0.3, -0.25) is 0 Å². The summed E-state index contributed by atoms with van der Waals surface area (Å²) in [6.45, 7) is 0. The summed E-state index contributed by atoms with van der Waals surface area (Å²) in [5.41, 5.74) is 1.18. The minimum Gasteiger partial charge on any atom is -0.439 e. The van der Waals surface area contributed by atoms with Gasteiger partial charge in [-0.05, 0) is 29.7 Å². The number of para-hydroxylation sites is 1. The highest BCUT2D eigenvalue weighted by Crippen LogP contribution is 2.21.